The molecule has 0 saturated carbocycles. The van der Waals surface area contributed by atoms with E-state index in [1.807, 2.05) is 23.4 Å². The summed E-state index contributed by atoms with van der Waals surface area (Å²) in [5.41, 5.74) is 0. The van der Waals surface area contributed by atoms with E-state index in [-0.39, 0.29) is 0 Å². The maximum Gasteiger partial charge on any atom is 0.0483 e. The predicted octanol–water partition coefficient (Wildman–Crippen LogP) is 0.809. The first-order chi connectivity index (χ1) is 3.00. The fourth-order valence-electron chi connectivity index (χ4n) is 0.334. The van der Waals surface area contributed by atoms with Crippen LogP contribution in [0.15, 0.2) is 11.6 Å². The summed E-state index contributed by atoms with van der Waals surface area (Å²) in [5.74, 6) is 1.16. The number of nitrogens with zero attached hydrogens (tertiary/aromatic N) is 1. The molecule has 0 fully saturated rings. The average molecular weight is 100 g/mol. The van der Waals surface area contributed by atoms with Crippen LogP contribution in [0.2, 0.25) is 0 Å². The molecule has 6 heavy (non-hydrogen) atoms. The first-order valence-corrected chi connectivity index (χ1v) is 2.98. The van der Waals surface area contributed by atoms with Crippen molar-refractivity contribution in [2.24, 2.45) is 0 Å². The highest BCUT2D eigenvalue weighted by Gasteiger charge is 1.87. The third-order valence-corrected chi connectivity index (χ3v) is 1.33. The smallest absolute Gasteiger partial charge is 0.0483 e. The van der Waals surface area contributed by atoms with Gasteiger partial charge in [-0.3, -0.25) is 5.32 Å². The first kappa shape index (κ1) is 4.06. The van der Waals surface area contributed by atoms with Crippen molar-refractivity contribution >= 4 is 11.8 Å². The lowest BCUT2D eigenvalue weighted by Crippen LogP contribution is -2.03. The van der Waals surface area contributed by atoms with Gasteiger partial charge in [-0.25, -0.2) is 0 Å². The molecular weight excluding hydrogens is 94.1 g/mol. The fraction of sp³-hybridized carbons (Fsp3) is 0.500. The summed E-state index contributed by atoms with van der Waals surface area (Å²) in [6.07, 6.45) is 1.86. The van der Waals surface area contributed by atoms with Crippen molar-refractivity contribution in [2.75, 3.05) is 12.3 Å². The molecular formula is C4H6NS. The highest BCUT2D eigenvalue weighted by molar-refractivity contribution is 8.02. The third-order valence-electron chi connectivity index (χ3n) is 0.601. The summed E-state index contributed by atoms with van der Waals surface area (Å²) >= 11 is 1.82. The van der Waals surface area contributed by atoms with Gasteiger partial charge >= 0.3 is 0 Å². The zero-order chi connectivity index (χ0) is 4.24. The van der Waals surface area contributed by atoms with E-state index in [4.69, 9.17) is 0 Å². The monoisotopic (exact) mass is 100 g/mol. The van der Waals surface area contributed by atoms with E-state index in [1.54, 1.807) is 0 Å². The molecule has 1 nitrogen and oxygen atoms in total. The van der Waals surface area contributed by atoms with Crippen LogP contribution in [0.3, 0.4) is 0 Å². The van der Waals surface area contributed by atoms with Gasteiger partial charge in [-0.2, -0.15) is 0 Å². The molecule has 0 aromatic carbocycles. The molecule has 1 radical (unpaired) electrons. The van der Waals surface area contributed by atoms with Crippen LogP contribution in [0.1, 0.15) is 0 Å². The van der Waals surface area contributed by atoms with Gasteiger partial charge in [0.25, 0.3) is 0 Å². The van der Waals surface area contributed by atoms with Crippen molar-refractivity contribution in [1.29, 1.82) is 0 Å². The molecule has 0 aromatic heterocycles. The Kier molecular flexibility index (Phi) is 1.44. The maximum atomic E-state index is 3.98. The Bertz CT molecular complexity index is 52.6. The van der Waals surface area contributed by atoms with Crippen molar-refractivity contribution in [3.63, 3.8) is 0 Å². The predicted molar refractivity (Wildman–Crippen MR) is 28.6 cm³/mol. The summed E-state index contributed by atoms with van der Waals surface area (Å²) in [6.45, 7) is 1.00. The van der Waals surface area contributed by atoms with Crippen LogP contribution in [0.5, 0.6) is 0 Å². The molecule has 1 aliphatic rings. The van der Waals surface area contributed by atoms with Gasteiger partial charge in [-0.1, -0.05) is 0 Å². The summed E-state index contributed by atoms with van der Waals surface area (Å²) < 4.78 is 0. The maximum absolute atomic E-state index is 3.98. The van der Waals surface area contributed by atoms with E-state index < -0.39 is 0 Å². The minimum Gasteiger partial charge on any atom is -0.292 e. The van der Waals surface area contributed by atoms with E-state index in [0.717, 1.165) is 12.3 Å². The second-order valence-corrected chi connectivity index (χ2v) is 2.08. The lowest BCUT2D eigenvalue weighted by atomic mass is 10.7. The summed E-state index contributed by atoms with van der Waals surface area (Å²) in [5, 5.41) is 5.99. The number of thioether (sulfide) groups is 1. The van der Waals surface area contributed by atoms with Crippen molar-refractivity contribution in [3.8, 4) is 0 Å². The summed E-state index contributed by atoms with van der Waals surface area (Å²) in [6, 6.07) is 0. The highest BCUT2D eigenvalue weighted by atomic mass is 32.2. The molecule has 0 atom stereocenters. The molecule has 0 aliphatic carbocycles. The molecule has 0 N–H and O–H groups in total. The molecule has 0 unspecified atom stereocenters. The van der Waals surface area contributed by atoms with Crippen LogP contribution in [-0.4, -0.2) is 12.3 Å². The molecule has 2 heteroatoms. The summed E-state index contributed by atoms with van der Waals surface area (Å²) in [4.78, 5) is 0. The quantitative estimate of drug-likeness (QED) is 0.439. The molecule has 0 saturated heterocycles. The van der Waals surface area contributed by atoms with E-state index in [0.29, 0.717) is 0 Å². The number of hydrogen-bond acceptors (Lipinski definition) is 1. The minimum absolute atomic E-state index is 1.00. The minimum atomic E-state index is 1.00. The van der Waals surface area contributed by atoms with Crippen LogP contribution >= 0.6 is 11.8 Å². The fourth-order valence-corrected chi connectivity index (χ4v) is 0.853. The van der Waals surface area contributed by atoms with Gasteiger partial charge in [-0.05, 0) is 5.41 Å². The standard InChI is InChI=1S/C4H6NS/c1-3-6-4-2-5-1/h1,3H,2,4H2. The van der Waals surface area contributed by atoms with E-state index >= 15 is 0 Å². The molecule has 0 bridgehead atoms. The first-order valence-electron chi connectivity index (χ1n) is 1.93. The van der Waals surface area contributed by atoms with Crippen LogP contribution in [0.25, 0.3) is 0 Å². The van der Waals surface area contributed by atoms with Crippen LogP contribution < -0.4 is 5.32 Å². The van der Waals surface area contributed by atoms with Gasteiger partial charge in [0.2, 0.25) is 0 Å². The topological polar surface area (TPSA) is 14.1 Å². The van der Waals surface area contributed by atoms with E-state index in [9.17, 15) is 0 Å². The lowest BCUT2D eigenvalue weighted by Gasteiger charge is -1.98. The average Bonchev–Trinajstić information content (AvgIpc) is 1.72. The van der Waals surface area contributed by atoms with Crippen molar-refractivity contribution < 1.29 is 0 Å². The second-order valence-electron chi connectivity index (χ2n) is 1.06. The Morgan fingerprint density at radius 2 is 2.67 bits per heavy atom. The van der Waals surface area contributed by atoms with Gasteiger partial charge in [0.15, 0.2) is 0 Å². The Morgan fingerprint density at radius 1 is 1.67 bits per heavy atom. The van der Waals surface area contributed by atoms with Crippen LogP contribution in [0.4, 0.5) is 0 Å². The van der Waals surface area contributed by atoms with Gasteiger partial charge in [0.05, 0.1) is 0 Å². The van der Waals surface area contributed by atoms with E-state index in [1.165, 1.54) is 0 Å². The highest BCUT2D eigenvalue weighted by Crippen LogP contribution is 2.02. The molecule has 0 amide bonds. The normalized spacial score (nSPS) is 20.0. The van der Waals surface area contributed by atoms with Crippen LogP contribution in [-0.2, 0) is 0 Å². The van der Waals surface area contributed by atoms with Gasteiger partial charge < -0.3 is 0 Å². The Labute approximate surface area is 41.8 Å². The largest absolute Gasteiger partial charge is 0.292 e. The zero-order valence-electron chi connectivity index (χ0n) is 3.42. The van der Waals surface area contributed by atoms with Crippen molar-refractivity contribution in [1.82, 2.24) is 5.32 Å². The molecule has 1 rings (SSSR count). The zero-order valence-corrected chi connectivity index (χ0v) is 4.24. The van der Waals surface area contributed by atoms with Crippen LogP contribution in [0, 0.1) is 0 Å². The Morgan fingerprint density at radius 3 is 2.83 bits per heavy atom. The van der Waals surface area contributed by atoms with Gasteiger partial charge in [0.1, 0.15) is 0 Å². The molecule has 33 valence electrons. The molecule has 0 aromatic rings. The lowest BCUT2D eigenvalue weighted by molar-refractivity contribution is 0.906. The SMILES string of the molecule is C1=CSCC[N]1. The Balaban J connectivity index is 2.26. The number of rotatable bonds is 0. The Hall–Kier alpha value is -0.110. The molecule has 0 spiro atoms. The number of hydrogen-bond donors (Lipinski definition) is 0. The summed E-state index contributed by atoms with van der Waals surface area (Å²) in [7, 11) is 0. The van der Waals surface area contributed by atoms with Gasteiger partial charge in [0, 0.05) is 18.5 Å². The molecule has 1 heterocycles. The second kappa shape index (κ2) is 2.13. The van der Waals surface area contributed by atoms with E-state index in [2.05, 4.69) is 5.32 Å². The third kappa shape index (κ3) is 0.937. The van der Waals surface area contributed by atoms with Crippen molar-refractivity contribution in [3.05, 3.63) is 11.6 Å². The van der Waals surface area contributed by atoms with Crippen molar-refractivity contribution in [2.45, 2.75) is 0 Å². The molecule has 1 aliphatic heterocycles. The van der Waals surface area contributed by atoms with Gasteiger partial charge in [-0.15, -0.1) is 11.8 Å².